The molecular weight excluding hydrogens is 194 g/mol. The lowest BCUT2D eigenvalue weighted by molar-refractivity contribution is 0.0267. The fraction of sp³-hybridized carbons (Fsp3) is 0.700. The first-order valence-electron chi connectivity index (χ1n) is 5.17. The van der Waals surface area contributed by atoms with Crippen LogP contribution in [0.15, 0.2) is 12.3 Å². The summed E-state index contributed by atoms with van der Waals surface area (Å²) in [7, 11) is 1.91. The standard InChI is InChI=1S/C10H17N3O2/c1-13-9(2-4-12-13)6-11-7-10(14)3-5-15-8-10/h2,4,11,14H,3,5-8H2,1H3. The number of aromatic nitrogens is 2. The molecular formula is C10H17N3O2. The molecule has 5 heteroatoms. The smallest absolute Gasteiger partial charge is 0.103 e. The normalized spacial score (nSPS) is 26.0. The average molecular weight is 211 g/mol. The van der Waals surface area contributed by atoms with E-state index in [1.807, 2.05) is 17.8 Å². The first-order chi connectivity index (χ1) is 7.20. The second-order valence-electron chi connectivity index (χ2n) is 4.08. The van der Waals surface area contributed by atoms with E-state index in [9.17, 15) is 5.11 Å². The lowest BCUT2D eigenvalue weighted by Gasteiger charge is -2.20. The van der Waals surface area contributed by atoms with Gasteiger partial charge in [0, 0.05) is 39.4 Å². The Morgan fingerprint density at radius 2 is 2.60 bits per heavy atom. The van der Waals surface area contributed by atoms with Crippen LogP contribution in [0, 0.1) is 0 Å². The maximum absolute atomic E-state index is 9.98. The second kappa shape index (κ2) is 4.30. The summed E-state index contributed by atoms with van der Waals surface area (Å²) in [6, 6.07) is 1.96. The molecule has 1 unspecified atom stereocenters. The van der Waals surface area contributed by atoms with Crippen LogP contribution in [0.2, 0.25) is 0 Å². The van der Waals surface area contributed by atoms with Gasteiger partial charge in [0.25, 0.3) is 0 Å². The topological polar surface area (TPSA) is 59.3 Å². The zero-order valence-electron chi connectivity index (χ0n) is 8.94. The number of nitrogens with one attached hydrogen (secondary N) is 1. The summed E-state index contributed by atoms with van der Waals surface area (Å²) in [5, 5.41) is 17.3. The first kappa shape index (κ1) is 10.6. The highest BCUT2D eigenvalue weighted by Gasteiger charge is 2.31. The molecule has 1 aliphatic heterocycles. The van der Waals surface area contributed by atoms with Gasteiger partial charge in [-0.3, -0.25) is 4.68 Å². The van der Waals surface area contributed by atoms with Crippen molar-refractivity contribution in [2.24, 2.45) is 7.05 Å². The third-order valence-electron chi connectivity index (χ3n) is 2.77. The molecule has 1 saturated heterocycles. The Kier molecular flexibility index (Phi) is 3.04. The van der Waals surface area contributed by atoms with Gasteiger partial charge in [0.1, 0.15) is 5.60 Å². The number of ether oxygens (including phenoxy) is 1. The minimum atomic E-state index is -0.682. The maximum Gasteiger partial charge on any atom is 0.103 e. The van der Waals surface area contributed by atoms with Gasteiger partial charge >= 0.3 is 0 Å². The molecule has 1 aromatic rings. The molecule has 1 atom stereocenters. The van der Waals surface area contributed by atoms with Crippen LogP contribution >= 0.6 is 0 Å². The van der Waals surface area contributed by atoms with Crippen LogP contribution in [-0.2, 0) is 18.3 Å². The predicted octanol–water partition coefficient (Wildman–Crippen LogP) is -0.339. The first-order valence-corrected chi connectivity index (χ1v) is 5.17. The molecule has 0 aliphatic carbocycles. The van der Waals surface area contributed by atoms with Crippen LogP contribution < -0.4 is 5.32 Å². The Bertz CT molecular complexity index is 318. The Morgan fingerprint density at radius 1 is 1.73 bits per heavy atom. The van der Waals surface area contributed by atoms with Gasteiger partial charge in [-0.05, 0) is 6.07 Å². The zero-order chi connectivity index (χ0) is 10.7. The molecule has 84 valence electrons. The van der Waals surface area contributed by atoms with Gasteiger partial charge in [-0.1, -0.05) is 0 Å². The van der Waals surface area contributed by atoms with Gasteiger partial charge in [-0.15, -0.1) is 0 Å². The highest BCUT2D eigenvalue weighted by atomic mass is 16.5. The molecule has 0 amide bonds. The van der Waals surface area contributed by atoms with Gasteiger partial charge in [-0.2, -0.15) is 5.10 Å². The highest BCUT2D eigenvalue weighted by Crippen LogP contribution is 2.16. The van der Waals surface area contributed by atoms with E-state index in [4.69, 9.17) is 4.74 Å². The lowest BCUT2D eigenvalue weighted by atomic mass is 10.0. The van der Waals surface area contributed by atoms with E-state index in [1.165, 1.54) is 0 Å². The minimum Gasteiger partial charge on any atom is -0.386 e. The van der Waals surface area contributed by atoms with E-state index in [0.29, 0.717) is 26.2 Å². The van der Waals surface area contributed by atoms with Crippen LogP contribution in [-0.4, -0.2) is 40.2 Å². The predicted molar refractivity (Wildman–Crippen MR) is 55.3 cm³/mol. The number of rotatable bonds is 4. The number of aliphatic hydroxyl groups is 1. The van der Waals surface area contributed by atoms with Crippen molar-refractivity contribution < 1.29 is 9.84 Å². The van der Waals surface area contributed by atoms with Crippen molar-refractivity contribution >= 4 is 0 Å². The summed E-state index contributed by atoms with van der Waals surface area (Å²) in [5.41, 5.74) is 0.427. The Hall–Kier alpha value is -0.910. The monoisotopic (exact) mass is 211 g/mol. The fourth-order valence-electron chi connectivity index (χ4n) is 1.73. The largest absolute Gasteiger partial charge is 0.386 e. The maximum atomic E-state index is 9.98. The molecule has 0 bridgehead atoms. The molecule has 1 aromatic heterocycles. The number of nitrogens with zero attached hydrogens (tertiary/aromatic N) is 2. The third kappa shape index (κ3) is 2.56. The van der Waals surface area contributed by atoms with Crippen molar-refractivity contribution in [3.8, 4) is 0 Å². The zero-order valence-corrected chi connectivity index (χ0v) is 8.94. The van der Waals surface area contributed by atoms with Gasteiger partial charge < -0.3 is 15.2 Å². The summed E-state index contributed by atoms with van der Waals surface area (Å²) < 4.78 is 6.99. The van der Waals surface area contributed by atoms with Crippen molar-refractivity contribution in [3.05, 3.63) is 18.0 Å². The average Bonchev–Trinajstić information content (AvgIpc) is 2.78. The summed E-state index contributed by atoms with van der Waals surface area (Å²) in [6.07, 6.45) is 2.48. The highest BCUT2D eigenvalue weighted by molar-refractivity contribution is 4.99. The Labute approximate surface area is 89.0 Å². The van der Waals surface area contributed by atoms with Gasteiger partial charge in [-0.25, -0.2) is 0 Å². The fourth-order valence-corrected chi connectivity index (χ4v) is 1.73. The quantitative estimate of drug-likeness (QED) is 0.715. The van der Waals surface area contributed by atoms with E-state index in [2.05, 4.69) is 10.4 Å². The molecule has 15 heavy (non-hydrogen) atoms. The van der Waals surface area contributed by atoms with E-state index < -0.39 is 5.60 Å². The Morgan fingerprint density at radius 3 is 3.20 bits per heavy atom. The van der Waals surface area contributed by atoms with Crippen molar-refractivity contribution in [3.63, 3.8) is 0 Å². The molecule has 2 rings (SSSR count). The second-order valence-corrected chi connectivity index (χ2v) is 4.08. The van der Waals surface area contributed by atoms with Gasteiger partial charge in [0.05, 0.1) is 12.3 Å². The Balaban J connectivity index is 1.77. The van der Waals surface area contributed by atoms with Crippen LogP contribution in [0.25, 0.3) is 0 Å². The molecule has 5 nitrogen and oxygen atoms in total. The summed E-state index contributed by atoms with van der Waals surface area (Å²) in [4.78, 5) is 0. The van der Waals surface area contributed by atoms with Crippen LogP contribution in [0.3, 0.4) is 0 Å². The van der Waals surface area contributed by atoms with Crippen molar-refractivity contribution in [1.29, 1.82) is 0 Å². The SMILES string of the molecule is Cn1nccc1CNCC1(O)CCOC1. The summed E-state index contributed by atoms with van der Waals surface area (Å²) in [6.45, 7) is 2.38. The molecule has 0 radical (unpaired) electrons. The van der Waals surface area contributed by atoms with E-state index in [-0.39, 0.29) is 0 Å². The van der Waals surface area contributed by atoms with E-state index >= 15 is 0 Å². The van der Waals surface area contributed by atoms with Crippen molar-refractivity contribution in [1.82, 2.24) is 15.1 Å². The van der Waals surface area contributed by atoms with E-state index in [1.54, 1.807) is 6.20 Å². The summed E-state index contributed by atoms with van der Waals surface area (Å²) >= 11 is 0. The molecule has 1 aliphatic rings. The van der Waals surface area contributed by atoms with Crippen molar-refractivity contribution in [2.45, 2.75) is 18.6 Å². The van der Waals surface area contributed by atoms with Gasteiger partial charge in [0.15, 0.2) is 0 Å². The van der Waals surface area contributed by atoms with Crippen molar-refractivity contribution in [2.75, 3.05) is 19.8 Å². The molecule has 2 heterocycles. The molecule has 1 fully saturated rings. The van der Waals surface area contributed by atoms with Crippen LogP contribution in [0.5, 0.6) is 0 Å². The number of hydrogen-bond acceptors (Lipinski definition) is 4. The summed E-state index contributed by atoms with van der Waals surface area (Å²) in [5.74, 6) is 0. The molecule has 2 N–H and O–H groups in total. The van der Waals surface area contributed by atoms with Crippen LogP contribution in [0.1, 0.15) is 12.1 Å². The number of aryl methyl sites for hydroxylation is 1. The lowest BCUT2D eigenvalue weighted by Crippen LogP contribution is -2.40. The molecule has 0 spiro atoms. The molecule has 0 saturated carbocycles. The van der Waals surface area contributed by atoms with Crippen LogP contribution in [0.4, 0.5) is 0 Å². The van der Waals surface area contributed by atoms with E-state index in [0.717, 1.165) is 12.2 Å². The minimum absolute atomic E-state index is 0.436. The third-order valence-corrected chi connectivity index (χ3v) is 2.77. The number of hydrogen-bond donors (Lipinski definition) is 2. The van der Waals surface area contributed by atoms with Gasteiger partial charge in [0.2, 0.25) is 0 Å². The molecule has 0 aromatic carbocycles.